The first-order valence-electron chi connectivity index (χ1n) is 14.1. The van der Waals surface area contributed by atoms with Gasteiger partial charge in [-0.2, -0.15) is 5.10 Å². The second kappa shape index (κ2) is 10.8. The summed E-state index contributed by atoms with van der Waals surface area (Å²) in [5, 5.41) is 30.8. The predicted octanol–water partition coefficient (Wildman–Crippen LogP) is 5.03. The number of nitrogens with one attached hydrogen (secondary N) is 2. The van der Waals surface area contributed by atoms with E-state index in [0.29, 0.717) is 22.7 Å². The highest BCUT2D eigenvalue weighted by atomic mass is 16.4. The van der Waals surface area contributed by atoms with Gasteiger partial charge in [0.05, 0.1) is 28.6 Å². The average Bonchev–Trinajstić information content (AvgIpc) is 3.36. The van der Waals surface area contributed by atoms with E-state index >= 15 is 0 Å². The molecule has 0 atom stereocenters. The van der Waals surface area contributed by atoms with Gasteiger partial charge in [-0.25, -0.2) is 9.48 Å². The van der Waals surface area contributed by atoms with Crippen LogP contribution in [0.3, 0.4) is 0 Å². The maximum atomic E-state index is 13.5. The molecule has 2 amide bonds. The number of aliphatic hydroxyl groups excluding tert-OH is 1. The van der Waals surface area contributed by atoms with Crippen molar-refractivity contribution >= 4 is 34.4 Å². The molecule has 41 heavy (non-hydrogen) atoms. The zero-order valence-electron chi connectivity index (χ0n) is 22.5. The molecule has 2 saturated carbocycles. The Labute approximate surface area is 237 Å². The van der Waals surface area contributed by atoms with Crippen LogP contribution in [-0.2, 0) is 4.79 Å². The Kier molecular flexibility index (Phi) is 7.05. The lowest BCUT2D eigenvalue weighted by Crippen LogP contribution is -2.65. The molecule has 2 fully saturated rings. The molecule has 0 aliphatic heterocycles. The van der Waals surface area contributed by atoms with Gasteiger partial charge in [-0.15, -0.1) is 0 Å². The lowest BCUT2D eigenvalue weighted by molar-refractivity contribution is -0.130. The molecule has 0 unspecified atom stereocenters. The van der Waals surface area contributed by atoms with E-state index < -0.39 is 29.4 Å². The Balaban J connectivity index is 1.27. The summed E-state index contributed by atoms with van der Waals surface area (Å²) in [5.41, 5.74) is 2.46. The van der Waals surface area contributed by atoms with Gasteiger partial charge in [0.25, 0.3) is 5.91 Å². The van der Waals surface area contributed by atoms with Crippen molar-refractivity contribution in [2.45, 2.75) is 62.5 Å². The SMILES string of the molecule is O=C(O)c1ccc(NC(=O)[C@]2(NC(=O)c3ccc4c(C5CCCCC5)n(-c5ccccc5)nc4c3)C[C@H](O)C2)cc1. The Bertz CT molecular complexity index is 1600. The number of aromatic carboxylic acids is 1. The van der Waals surface area contributed by atoms with Crippen molar-refractivity contribution < 1.29 is 24.6 Å². The van der Waals surface area contributed by atoms with Crippen LogP contribution in [0.4, 0.5) is 5.69 Å². The van der Waals surface area contributed by atoms with E-state index in [1.165, 1.54) is 49.2 Å². The van der Waals surface area contributed by atoms with Crippen molar-refractivity contribution in [1.82, 2.24) is 15.1 Å². The van der Waals surface area contributed by atoms with Crippen LogP contribution >= 0.6 is 0 Å². The third kappa shape index (κ3) is 5.20. The molecule has 0 spiro atoms. The summed E-state index contributed by atoms with van der Waals surface area (Å²) in [6, 6.07) is 21.3. The minimum Gasteiger partial charge on any atom is -0.478 e. The van der Waals surface area contributed by atoms with Crippen LogP contribution in [0.15, 0.2) is 72.8 Å². The maximum Gasteiger partial charge on any atom is 0.335 e. The standard InChI is InChI=1S/C32H32N4O5/c37-25-18-32(19-25,31(41)33-23-14-11-21(12-15-23)30(39)40)34-29(38)22-13-16-26-27(17-22)35-36(24-9-5-2-6-10-24)28(26)20-7-3-1-4-8-20/h2,5-6,9-17,20,25,37H,1,3-4,7-8,18-19H2,(H,33,41)(H,34,38)(H,39,40)/t25-,32-. The number of fused-ring (bicyclic) bond motifs is 1. The highest BCUT2D eigenvalue weighted by Crippen LogP contribution is 2.38. The molecule has 210 valence electrons. The van der Waals surface area contributed by atoms with Gasteiger partial charge in [0.1, 0.15) is 5.54 Å². The first kappa shape index (κ1) is 26.7. The van der Waals surface area contributed by atoms with E-state index in [0.717, 1.165) is 23.9 Å². The molecule has 4 aromatic rings. The predicted molar refractivity (Wildman–Crippen MR) is 154 cm³/mol. The van der Waals surface area contributed by atoms with E-state index in [2.05, 4.69) is 10.6 Å². The number of aromatic nitrogens is 2. The minimum atomic E-state index is -1.28. The van der Waals surface area contributed by atoms with Gasteiger partial charge in [0.15, 0.2) is 0 Å². The van der Waals surface area contributed by atoms with Crippen molar-refractivity contribution in [3.63, 3.8) is 0 Å². The topological polar surface area (TPSA) is 134 Å². The number of carbonyl (C=O) groups is 3. The number of carboxylic acids is 1. The van der Waals surface area contributed by atoms with E-state index in [9.17, 15) is 19.5 Å². The number of carbonyl (C=O) groups excluding carboxylic acids is 2. The lowest BCUT2D eigenvalue weighted by atomic mass is 9.73. The maximum absolute atomic E-state index is 13.5. The Hall–Kier alpha value is -4.50. The van der Waals surface area contributed by atoms with Crippen LogP contribution in [0.2, 0.25) is 0 Å². The summed E-state index contributed by atoms with van der Waals surface area (Å²) in [4.78, 5) is 37.9. The highest BCUT2D eigenvalue weighted by Gasteiger charge is 2.51. The highest BCUT2D eigenvalue weighted by molar-refractivity contribution is 6.05. The first-order valence-corrected chi connectivity index (χ1v) is 14.1. The van der Waals surface area contributed by atoms with Crippen molar-refractivity contribution in [2.24, 2.45) is 0 Å². The summed E-state index contributed by atoms with van der Waals surface area (Å²) < 4.78 is 2.01. The number of anilines is 1. The molecule has 3 aromatic carbocycles. The molecule has 2 aliphatic rings. The third-order valence-corrected chi connectivity index (χ3v) is 8.31. The zero-order chi connectivity index (χ0) is 28.6. The monoisotopic (exact) mass is 552 g/mol. The summed E-state index contributed by atoms with van der Waals surface area (Å²) in [5.74, 6) is -1.57. The van der Waals surface area contributed by atoms with Crippen LogP contribution in [0.25, 0.3) is 16.6 Å². The molecule has 1 heterocycles. The fourth-order valence-electron chi connectivity index (χ4n) is 6.11. The second-order valence-corrected chi connectivity index (χ2v) is 11.1. The summed E-state index contributed by atoms with van der Waals surface area (Å²) in [6.07, 6.45) is 5.28. The van der Waals surface area contributed by atoms with Crippen LogP contribution in [0, 0.1) is 0 Å². The van der Waals surface area contributed by atoms with Crippen LogP contribution in [-0.4, -0.2) is 49.4 Å². The molecular weight excluding hydrogens is 520 g/mol. The van der Waals surface area contributed by atoms with Gasteiger partial charge >= 0.3 is 5.97 Å². The fraction of sp³-hybridized carbons (Fsp3) is 0.312. The van der Waals surface area contributed by atoms with E-state index in [1.54, 1.807) is 12.1 Å². The number of hydrogen-bond acceptors (Lipinski definition) is 5. The number of hydrogen-bond donors (Lipinski definition) is 4. The van der Waals surface area contributed by atoms with Crippen molar-refractivity contribution in [3.05, 3.63) is 89.6 Å². The summed E-state index contributed by atoms with van der Waals surface area (Å²) in [6.45, 7) is 0. The van der Waals surface area contributed by atoms with Crippen molar-refractivity contribution in [1.29, 1.82) is 0 Å². The van der Waals surface area contributed by atoms with E-state index in [4.69, 9.17) is 10.2 Å². The van der Waals surface area contributed by atoms with Crippen molar-refractivity contribution in [2.75, 3.05) is 5.32 Å². The van der Waals surface area contributed by atoms with Crippen LogP contribution in [0.1, 0.15) is 77.3 Å². The molecular formula is C32H32N4O5. The number of carboxylic acid groups (broad SMARTS) is 1. The molecule has 0 radical (unpaired) electrons. The third-order valence-electron chi connectivity index (χ3n) is 8.31. The number of amides is 2. The Morgan fingerprint density at radius 1 is 0.878 bits per heavy atom. The normalized spacial score (nSPS) is 20.8. The zero-order valence-corrected chi connectivity index (χ0v) is 22.5. The smallest absolute Gasteiger partial charge is 0.335 e. The largest absolute Gasteiger partial charge is 0.478 e. The first-order chi connectivity index (χ1) is 19.8. The van der Waals surface area contributed by atoms with Crippen molar-refractivity contribution in [3.8, 4) is 5.69 Å². The average molecular weight is 553 g/mol. The number of nitrogens with zero attached hydrogens (tertiary/aromatic N) is 2. The molecule has 9 nitrogen and oxygen atoms in total. The quantitative estimate of drug-likeness (QED) is 0.254. The Morgan fingerprint density at radius 2 is 1.56 bits per heavy atom. The molecule has 1 aromatic heterocycles. The molecule has 0 bridgehead atoms. The lowest BCUT2D eigenvalue weighted by Gasteiger charge is -2.44. The van der Waals surface area contributed by atoms with Gasteiger partial charge in [0.2, 0.25) is 5.91 Å². The number of rotatable bonds is 7. The van der Waals surface area contributed by atoms with Crippen LogP contribution in [0.5, 0.6) is 0 Å². The molecule has 9 heteroatoms. The second-order valence-electron chi connectivity index (χ2n) is 11.1. The molecule has 6 rings (SSSR count). The van der Waals surface area contributed by atoms with Gasteiger partial charge in [-0.1, -0.05) is 43.5 Å². The van der Waals surface area contributed by atoms with Crippen LogP contribution < -0.4 is 10.6 Å². The summed E-state index contributed by atoms with van der Waals surface area (Å²) >= 11 is 0. The van der Waals surface area contributed by atoms with Gasteiger partial charge < -0.3 is 20.8 Å². The molecule has 2 aliphatic carbocycles. The number of aliphatic hydroxyl groups is 1. The number of benzene rings is 3. The number of para-hydroxylation sites is 1. The van der Waals surface area contributed by atoms with Gasteiger partial charge in [-0.3, -0.25) is 9.59 Å². The fourth-order valence-corrected chi connectivity index (χ4v) is 6.11. The Morgan fingerprint density at radius 3 is 2.22 bits per heavy atom. The van der Waals surface area contributed by atoms with Gasteiger partial charge in [0, 0.05) is 35.4 Å². The van der Waals surface area contributed by atoms with Gasteiger partial charge in [-0.05, 0) is 61.4 Å². The van der Waals surface area contributed by atoms with E-state index in [-0.39, 0.29) is 18.4 Å². The summed E-state index contributed by atoms with van der Waals surface area (Å²) in [7, 11) is 0. The van der Waals surface area contributed by atoms with E-state index in [1.807, 2.05) is 41.1 Å². The molecule has 0 saturated heterocycles. The minimum absolute atomic E-state index is 0.0779. The molecule has 4 N–H and O–H groups in total.